The smallest absolute Gasteiger partial charge is 0.0168 e. The van der Waals surface area contributed by atoms with E-state index in [1.807, 2.05) is 0 Å². The average molecular weight is 244 g/mol. The van der Waals surface area contributed by atoms with Crippen LogP contribution in [0.4, 0.5) is 0 Å². The van der Waals surface area contributed by atoms with E-state index in [0.717, 1.165) is 35.5 Å². The van der Waals surface area contributed by atoms with E-state index in [1.54, 1.807) is 0 Å². The van der Waals surface area contributed by atoms with Crippen LogP contribution in [0.1, 0.15) is 40.5 Å². The second-order valence-electron chi connectivity index (χ2n) is 6.48. The fraction of sp³-hybridized carbons (Fsp3) is 0.667. The maximum Gasteiger partial charge on any atom is -0.0168 e. The van der Waals surface area contributed by atoms with Gasteiger partial charge in [-0.25, -0.2) is 0 Å². The van der Waals surface area contributed by atoms with E-state index >= 15 is 0 Å². The molecule has 2 aliphatic carbocycles. The second-order valence-corrected chi connectivity index (χ2v) is 6.48. The lowest BCUT2D eigenvalue weighted by Gasteiger charge is -2.31. The molecular formula is C18H28. The Hall–Kier alpha value is -0.780. The Bertz CT molecular complexity index is 313. The maximum absolute atomic E-state index is 2.51. The number of rotatable bonds is 2. The summed E-state index contributed by atoms with van der Waals surface area (Å²) in [4.78, 5) is 0. The quantitative estimate of drug-likeness (QED) is 0.583. The second kappa shape index (κ2) is 5.91. The molecule has 0 saturated heterocycles. The van der Waals surface area contributed by atoms with Gasteiger partial charge in [0.25, 0.3) is 0 Å². The molecule has 18 heavy (non-hydrogen) atoms. The molecule has 0 aliphatic heterocycles. The van der Waals surface area contributed by atoms with Crippen molar-refractivity contribution in [3.05, 3.63) is 36.5 Å². The van der Waals surface area contributed by atoms with E-state index < -0.39 is 0 Å². The molecule has 0 N–H and O–H groups in total. The Morgan fingerprint density at radius 3 is 1.50 bits per heavy atom. The topological polar surface area (TPSA) is 0 Å². The lowest BCUT2D eigenvalue weighted by atomic mass is 9.75. The molecule has 0 bridgehead atoms. The van der Waals surface area contributed by atoms with Crippen molar-refractivity contribution in [2.24, 2.45) is 35.5 Å². The summed E-state index contributed by atoms with van der Waals surface area (Å²) in [6.45, 7) is 9.48. The van der Waals surface area contributed by atoms with E-state index in [1.165, 1.54) is 12.8 Å². The number of hydrogen-bond acceptors (Lipinski definition) is 0. The zero-order chi connectivity index (χ0) is 13.1. The fourth-order valence-electron chi connectivity index (χ4n) is 3.25. The third-order valence-corrected chi connectivity index (χ3v) is 5.31. The van der Waals surface area contributed by atoms with Crippen LogP contribution >= 0.6 is 0 Å². The standard InChI is InChI=1S/C18H28/c1-13-7-5-9-17(15(13)3)11-12-18-10-6-8-14(2)16(18)4/h5-8,11-18H,9-10H2,1-4H3/b12-11+. The van der Waals surface area contributed by atoms with Gasteiger partial charge < -0.3 is 0 Å². The van der Waals surface area contributed by atoms with Crippen LogP contribution < -0.4 is 0 Å². The summed E-state index contributed by atoms with van der Waals surface area (Å²) in [5, 5.41) is 0. The van der Waals surface area contributed by atoms with Crippen molar-refractivity contribution in [1.82, 2.24) is 0 Å². The first-order valence-corrected chi connectivity index (χ1v) is 7.61. The first kappa shape index (κ1) is 13.6. The van der Waals surface area contributed by atoms with Crippen molar-refractivity contribution in [2.45, 2.75) is 40.5 Å². The molecule has 0 aromatic rings. The van der Waals surface area contributed by atoms with Gasteiger partial charge in [0.05, 0.1) is 0 Å². The van der Waals surface area contributed by atoms with Gasteiger partial charge in [-0.15, -0.1) is 0 Å². The molecule has 6 unspecified atom stereocenters. The van der Waals surface area contributed by atoms with Gasteiger partial charge in [-0.3, -0.25) is 0 Å². The highest BCUT2D eigenvalue weighted by Crippen LogP contribution is 2.34. The zero-order valence-corrected chi connectivity index (χ0v) is 12.3. The van der Waals surface area contributed by atoms with E-state index in [9.17, 15) is 0 Å². The molecule has 0 aromatic heterocycles. The van der Waals surface area contributed by atoms with E-state index in [2.05, 4.69) is 64.2 Å². The van der Waals surface area contributed by atoms with Gasteiger partial charge in [0, 0.05) is 0 Å². The largest absolute Gasteiger partial charge is 0.0877 e. The Morgan fingerprint density at radius 2 is 1.11 bits per heavy atom. The van der Waals surface area contributed by atoms with Gasteiger partial charge >= 0.3 is 0 Å². The highest BCUT2D eigenvalue weighted by atomic mass is 14.3. The molecule has 2 rings (SSSR count). The van der Waals surface area contributed by atoms with Gasteiger partial charge in [0.15, 0.2) is 0 Å². The predicted molar refractivity (Wildman–Crippen MR) is 80.3 cm³/mol. The Morgan fingerprint density at radius 1 is 0.722 bits per heavy atom. The third-order valence-electron chi connectivity index (χ3n) is 5.31. The van der Waals surface area contributed by atoms with Crippen LogP contribution in [-0.4, -0.2) is 0 Å². The monoisotopic (exact) mass is 244 g/mol. The summed E-state index contributed by atoms with van der Waals surface area (Å²) in [5.74, 6) is 4.54. The van der Waals surface area contributed by atoms with Crippen molar-refractivity contribution in [3.63, 3.8) is 0 Å². The van der Waals surface area contributed by atoms with Crippen molar-refractivity contribution >= 4 is 0 Å². The minimum Gasteiger partial charge on any atom is -0.0877 e. The molecule has 2 aliphatic rings. The summed E-state index contributed by atoms with van der Waals surface area (Å²) in [5.41, 5.74) is 0. The van der Waals surface area contributed by atoms with E-state index in [0.29, 0.717) is 0 Å². The highest BCUT2D eigenvalue weighted by molar-refractivity contribution is 5.09. The van der Waals surface area contributed by atoms with Crippen LogP contribution in [-0.2, 0) is 0 Å². The van der Waals surface area contributed by atoms with E-state index in [4.69, 9.17) is 0 Å². The Balaban J connectivity index is 1.99. The molecule has 0 heteroatoms. The van der Waals surface area contributed by atoms with Gasteiger partial charge in [-0.1, -0.05) is 64.2 Å². The van der Waals surface area contributed by atoms with Gasteiger partial charge in [-0.05, 0) is 48.3 Å². The maximum atomic E-state index is 2.51. The van der Waals surface area contributed by atoms with Crippen molar-refractivity contribution in [2.75, 3.05) is 0 Å². The molecule has 100 valence electrons. The summed E-state index contributed by atoms with van der Waals surface area (Å²) in [6, 6.07) is 0. The lowest BCUT2D eigenvalue weighted by Crippen LogP contribution is -2.21. The lowest BCUT2D eigenvalue weighted by molar-refractivity contribution is 0.319. The van der Waals surface area contributed by atoms with Crippen molar-refractivity contribution < 1.29 is 0 Å². The highest BCUT2D eigenvalue weighted by Gasteiger charge is 2.24. The summed E-state index contributed by atoms with van der Waals surface area (Å²) in [7, 11) is 0. The first-order chi connectivity index (χ1) is 8.59. The van der Waals surface area contributed by atoms with Crippen LogP contribution in [0, 0.1) is 35.5 Å². The first-order valence-electron chi connectivity index (χ1n) is 7.61. The molecule has 0 fully saturated rings. The van der Waals surface area contributed by atoms with Gasteiger partial charge in [-0.2, -0.15) is 0 Å². The van der Waals surface area contributed by atoms with Crippen LogP contribution in [0.25, 0.3) is 0 Å². The molecule has 0 spiro atoms. The zero-order valence-electron chi connectivity index (χ0n) is 12.3. The van der Waals surface area contributed by atoms with Crippen LogP contribution in [0.5, 0.6) is 0 Å². The average Bonchev–Trinajstić information content (AvgIpc) is 2.36. The normalized spacial score (nSPS) is 44.7. The molecular weight excluding hydrogens is 216 g/mol. The van der Waals surface area contributed by atoms with Crippen LogP contribution in [0.2, 0.25) is 0 Å². The predicted octanol–water partition coefficient (Wildman–Crippen LogP) is 5.24. The fourth-order valence-corrected chi connectivity index (χ4v) is 3.25. The van der Waals surface area contributed by atoms with E-state index in [-0.39, 0.29) is 0 Å². The SMILES string of the molecule is CC1C=CCC(/C=C/C2CC=CC(C)C2C)C1C. The Kier molecular flexibility index (Phi) is 4.48. The van der Waals surface area contributed by atoms with Crippen molar-refractivity contribution in [1.29, 1.82) is 0 Å². The summed E-state index contributed by atoms with van der Waals surface area (Å²) in [6.07, 6.45) is 17.0. The molecule has 0 amide bonds. The van der Waals surface area contributed by atoms with Crippen LogP contribution in [0.15, 0.2) is 36.5 Å². The molecule has 0 aromatic carbocycles. The third kappa shape index (κ3) is 2.96. The van der Waals surface area contributed by atoms with Crippen LogP contribution in [0.3, 0.4) is 0 Å². The molecule has 0 nitrogen and oxygen atoms in total. The molecule has 0 saturated carbocycles. The van der Waals surface area contributed by atoms with Crippen molar-refractivity contribution in [3.8, 4) is 0 Å². The minimum absolute atomic E-state index is 0.732. The summed E-state index contributed by atoms with van der Waals surface area (Å²) < 4.78 is 0. The van der Waals surface area contributed by atoms with Gasteiger partial charge in [0.2, 0.25) is 0 Å². The molecule has 0 radical (unpaired) electrons. The molecule has 6 atom stereocenters. The summed E-state index contributed by atoms with van der Waals surface area (Å²) >= 11 is 0. The van der Waals surface area contributed by atoms with Gasteiger partial charge in [0.1, 0.15) is 0 Å². The number of hydrogen-bond donors (Lipinski definition) is 0. The Labute approximate surface area is 113 Å². The minimum atomic E-state index is 0.732. The molecule has 0 heterocycles. The number of allylic oxidation sites excluding steroid dienone is 6.